The summed E-state index contributed by atoms with van der Waals surface area (Å²) in [6.45, 7) is 2.32. The van der Waals surface area contributed by atoms with E-state index in [2.05, 4.69) is 6.92 Å². The van der Waals surface area contributed by atoms with Gasteiger partial charge in [-0.3, -0.25) is 0 Å². The van der Waals surface area contributed by atoms with E-state index in [-0.39, 0.29) is 0 Å². The van der Waals surface area contributed by atoms with Crippen molar-refractivity contribution in [2.75, 3.05) is 5.75 Å². The van der Waals surface area contributed by atoms with Crippen LogP contribution in [0.2, 0.25) is 0 Å². The Hall–Kier alpha value is 0.310. The highest BCUT2D eigenvalue weighted by Crippen LogP contribution is 2.29. The highest BCUT2D eigenvalue weighted by Gasteiger charge is 2.17. The number of hydrogen-bond donors (Lipinski definition) is 1. The zero-order chi connectivity index (χ0) is 7.40. The molecule has 1 rings (SSSR count). The van der Waals surface area contributed by atoms with Crippen molar-refractivity contribution in [1.29, 1.82) is 0 Å². The van der Waals surface area contributed by atoms with Gasteiger partial charge in [0, 0.05) is 5.75 Å². The van der Waals surface area contributed by atoms with E-state index >= 15 is 0 Å². The number of rotatable bonds is 2. The van der Waals surface area contributed by atoms with E-state index in [1.807, 2.05) is 0 Å². The lowest BCUT2D eigenvalue weighted by Gasteiger charge is -2.24. The van der Waals surface area contributed by atoms with E-state index in [0.717, 1.165) is 29.6 Å². The lowest BCUT2D eigenvalue weighted by Crippen LogP contribution is -2.13. The molecule has 60 valence electrons. The van der Waals surface area contributed by atoms with Gasteiger partial charge in [-0.05, 0) is 36.7 Å². The molecule has 1 saturated carbocycles. The van der Waals surface area contributed by atoms with Crippen molar-refractivity contribution >= 4 is 12.0 Å². The Morgan fingerprint density at radius 3 is 2.40 bits per heavy atom. The maximum atomic E-state index is 8.60. The van der Waals surface area contributed by atoms with Gasteiger partial charge < -0.3 is 4.55 Å². The van der Waals surface area contributed by atoms with Crippen molar-refractivity contribution in [3.63, 3.8) is 0 Å². The first kappa shape index (κ1) is 8.41. The van der Waals surface area contributed by atoms with Crippen molar-refractivity contribution in [3.05, 3.63) is 0 Å². The molecular weight excluding hydrogens is 144 g/mol. The normalized spacial score (nSPS) is 34.2. The second-order valence-electron chi connectivity index (χ2n) is 3.42. The van der Waals surface area contributed by atoms with Crippen LogP contribution in [0, 0.1) is 11.8 Å². The van der Waals surface area contributed by atoms with Crippen LogP contribution in [0.15, 0.2) is 0 Å². The molecule has 0 aromatic carbocycles. The van der Waals surface area contributed by atoms with Crippen LogP contribution in [-0.2, 0) is 0 Å². The third kappa shape index (κ3) is 2.51. The highest BCUT2D eigenvalue weighted by molar-refractivity contribution is 7.93. The summed E-state index contributed by atoms with van der Waals surface area (Å²) < 4.78 is 8.60. The molecular formula is C8H16OS. The molecule has 0 aromatic rings. The van der Waals surface area contributed by atoms with E-state index in [1.54, 1.807) is 0 Å². The molecule has 1 nitrogen and oxygen atoms in total. The standard InChI is InChI=1S/C8H16OS/c1-7-2-4-8(5-3-7)6-10-9/h7-9H,2-6H2,1H3. The zero-order valence-corrected chi connectivity index (χ0v) is 7.36. The minimum Gasteiger partial charge on any atom is -0.330 e. The maximum Gasteiger partial charge on any atom is 0.0223 e. The predicted molar refractivity (Wildman–Crippen MR) is 46.2 cm³/mol. The summed E-state index contributed by atoms with van der Waals surface area (Å²) in [5, 5.41) is 0. The van der Waals surface area contributed by atoms with Crippen LogP contribution in [-0.4, -0.2) is 10.3 Å². The van der Waals surface area contributed by atoms with E-state index in [0.29, 0.717) is 0 Å². The molecule has 0 amide bonds. The second kappa shape index (κ2) is 4.24. The molecule has 0 bridgehead atoms. The average molecular weight is 160 g/mol. The molecule has 1 N–H and O–H groups in total. The first-order chi connectivity index (χ1) is 4.83. The van der Waals surface area contributed by atoms with Gasteiger partial charge in [-0.25, -0.2) is 0 Å². The SMILES string of the molecule is CC1CCC(CSO)CC1. The van der Waals surface area contributed by atoms with Gasteiger partial charge in [-0.2, -0.15) is 0 Å². The summed E-state index contributed by atoms with van der Waals surface area (Å²) in [5.41, 5.74) is 0. The van der Waals surface area contributed by atoms with Crippen molar-refractivity contribution in [2.24, 2.45) is 11.8 Å². The summed E-state index contributed by atoms with van der Waals surface area (Å²) >= 11 is 1.01. The predicted octanol–water partition coefficient (Wildman–Crippen LogP) is 3.02. The fourth-order valence-electron chi connectivity index (χ4n) is 1.60. The van der Waals surface area contributed by atoms with Crippen LogP contribution >= 0.6 is 12.0 Å². The molecule has 1 aliphatic rings. The Morgan fingerprint density at radius 2 is 1.90 bits per heavy atom. The molecule has 0 spiro atoms. The van der Waals surface area contributed by atoms with Crippen LogP contribution in [0.4, 0.5) is 0 Å². The van der Waals surface area contributed by atoms with Crippen LogP contribution in [0.1, 0.15) is 32.6 Å². The van der Waals surface area contributed by atoms with E-state index in [1.165, 1.54) is 25.7 Å². The largest absolute Gasteiger partial charge is 0.330 e. The Labute approximate surface area is 67.4 Å². The fraction of sp³-hybridized carbons (Fsp3) is 1.00. The summed E-state index contributed by atoms with van der Waals surface area (Å²) in [5.74, 6) is 2.68. The Kier molecular flexibility index (Phi) is 3.57. The fourth-order valence-corrected chi connectivity index (χ4v) is 2.15. The van der Waals surface area contributed by atoms with E-state index in [4.69, 9.17) is 4.55 Å². The Bertz CT molecular complexity index is 87.3. The van der Waals surface area contributed by atoms with Crippen LogP contribution in [0.3, 0.4) is 0 Å². The molecule has 10 heavy (non-hydrogen) atoms. The molecule has 1 aliphatic carbocycles. The van der Waals surface area contributed by atoms with Gasteiger partial charge >= 0.3 is 0 Å². The highest BCUT2D eigenvalue weighted by atomic mass is 32.2. The van der Waals surface area contributed by atoms with E-state index < -0.39 is 0 Å². The quantitative estimate of drug-likeness (QED) is 0.627. The molecule has 2 heteroatoms. The molecule has 0 radical (unpaired) electrons. The molecule has 0 unspecified atom stereocenters. The maximum absolute atomic E-state index is 8.60. The molecule has 0 atom stereocenters. The summed E-state index contributed by atoms with van der Waals surface area (Å²) in [7, 11) is 0. The van der Waals surface area contributed by atoms with E-state index in [9.17, 15) is 0 Å². The minimum absolute atomic E-state index is 0.797. The van der Waals surface area contributed by atoms with Crippen molar-refractivity contribution < 1.29 is 4.55 Å². The number of hydrogen-bond acceptors (Lipinski definition) is 2. The second-order valence-corrected chi connectivity index (χ2v) is 4.01. The zero-order valence-electron chi connectivity index (χ0n) is 6.55. The summed E-state index contributed by atoms with van der Waals surface area (Å²) in [6.07, 6.45) is 5.39. The first-order valence-corrected chi connectivity index (χ1v) is 5.03. The monoisotopic (exact) mass is 160 g/mol. The van der Waals surface area contributed by atoms with Crippen molar-refractivity contribution in [3.8, 4) is 0 Å². The topological polar surface area (TPSA) is 20.2 Å². The first-order valence-electron chi connectivity index (χ1n) is 4.09. The lowest BCUT2D eigenvalue weighted by molar-refractivity contribution is 0.310. The summed E-state index contributed by atoms with van der Waals surface area (Å²) in [4.78, 5) is 0. The molecule has 1 fully saturated rings. The smallest absolute Gasteiger partial charge is 0.0223 e. The van der Waals surface area contributed by atoms with Crippen LogP contribution in [0.25, 0.3) is 0 Å². The van der Waals surface area contributed by atoms with Gasteiger partial charge in [-0.15, -0.1) is 0 Å². The lowest BCUT2D eigenvalue weighted by atomic mass is 9.84. The third-order valence-corrected chi connectivity index (χ3v) is 3.07. The Balaban J connectivity index is 2.13. The van der Waals surface area contributed by atoms with Gasteiger partial charge in [0.25, 0.3) is 0 Å². The molecule has 0 saturated heterocycles. The van der Waals surface area contributed by atoms with Gasteiger partial charge in [0.15, 0.2) is 0 Å². The van der Waals surface area contributed by atoms with Gasteiger partial charge in [0.1, 0.15) is 0 Å². The van der Waals surface area contributed by atoms with Crippen LogP contribution in [0.5, 0.6) is 0 Å². The van der Waals surface area contributed by atoms with Crippen LogP contribution < -0.4 is 0 Å². The average Bonchev–Trinajstić information content (AvgIpc) is 1.95. The molecule has 0 heterocycles. The molecule has 0 aliphatic heterocycles. The van der Waals surface area contributed by atoms with Gasteiger partial charge in [0.05, 0.1) is 0 Å². The van der Waals surface area contributed by atoms with Gasteiger partial charge in [0.2, 0.25) is 0 Å². The minimum atomic E-state index is 0.797. The van der Waals surface area contributed by atoms with Crippen molar-refractivity contribution in [1.82, 2.24) is 0 Å². The Morgan fingerprint density at radius 1 is 1.30 bits per heavy atom. The van der Waals surface area contributed by atoms with Gasteiger partial charge in [-0.1, -0.05) is 19.8 Å². The summed E-state index contributed by atoms with van der Waals surface area (Å²) in [6, 6.07) is 0. The van der Waals surface area contributed by atoms with Crippen molar-refractivity contribution in [2.45, 2.75) is 32.6 Å². The third-order valence-electron chi connectivity index (χ3n) is 2.45. The molecule has 0 aromatic heterocycles.